The van der Waals surface area contributed by atoms with Crippen LogP contribution >= 0.6 is 0 Å². The number of pyridine rings is 1. The summed E-state index contributed by atoms with van der Waals surface area (Å²) in [5.74, 6) is 2.63. The first-order chi connectivity index (χ1) is 16.2. The molecule has 0 bridgehead atoms. The number of likely N-dealkylation sites (N-methyl/N-ethyl adjacent to an activating group) is 1. The van der Waals surface area contributed by atoms with Gasteiger partial charge in [0.25, 0.3) is 0 Å². The fourth-order valence-corrected chi connectivity index (χ4v) is 3.71. The van der Waals surface area contributed by atoms with E-state index in [9.17, 15) is 0 Å². The minimum absolute atomic E-state index is 0.250. The highest BCUT2D eigenvalue weighted by atomic mass is 16.5. The van der Waals surface area contributed by atoms with Crippen molar-refractivity contribution < 1.29 is 9.84 Å². The molecular formula is C24H37N7O2. The summed E-state index contributed by atoms with van der Waals surface area (Å²) in [7, 11) is 1.90. The summed E-state index contributed by atoms with van der Waals surface area (Å²) in [4.78, 5) is 11.7. The zero-order valence-electron chi connectivity index (χ0n) is 20.0. The van der Waals surface area contributed by atoms with Gasteiger partial charge in [0.1, 0.15) is 18.2 Å². The monoisotopic (exact) mass is 455 g/mol. The lowest BCUT2D eigenvalue weighted by Crippen LogP contribution is -2.30. The van der Waals surface area contributed by atoms with E-state index in [1.807, 2.05) is 36.1 Å². The number of aromatic nitrogens is 4. The van der Waals surface area contributed by atoms with E-state index in [0.29, 0.717) is 19.0 Å². The van der Waals surface area contributed by atoms with Crippen molar-refractivity contribution in [2.45, 2.75) is 46.1 Å². The number of aliphatic hydroxyl groups is 1. The van der Waals surface area contributed by atoms with Gasteiger partial charge in [-0.15, -0.1) is 0 Å². The Labute approximate surface area is 196 Å². The Morgan fingerprint density at radius 2 is 1.91 bits per heavy atom. The van der Waals surface area contributed by atoms with Crippen LogP contribution in [0, 0.1) is 0 Å². The number of rotatable bonds is 9. The second kappa shape index (κ2) is 13.0. The molecule has 0 saturated carbocycles. The molecule has 1 saturated heterocycles. The minimum atomic E-state index is 0.250. The summed E-state index contributed by atoms with van der Waals surface area (Å²) in [6, 6.07) is 6.07. The molecule has 0 amide bonds. The number of ether oxygens (including phenoxy) is 1. The molecule has 3 aromatic heterocycles. The number of aryl methyl sites for hydroxylation is 1. The summed E-state index contributed by atoms with van der Waals surface area (Å²) in [5, 5.41) is 18.7. The van der Waals surface area contributed by atoms with E-state index in [2.05, 4.69) is 38.6 Å². The van der Waals surface area contributed by atoms with Crippen LogP contribution in [0.25, 0.3) is 5.65 Å². The second-order valence-electron chi connectivity index (χ2n) is 7.93. The van der Waals surface area contributed by atoms with E-state index in [0.717, 1.165) is 48.9 Å². The highest BCUT2D eigenvalue weighted by Crippen LogP contribution is 2.25. The maximum Gasteiger partial charge on any atom is 0.213 e. The number of aliphatic hydroxyl groups excluding tert-OH is 1. The Balaban J connectivity index is 0.000000968. The van der Waals surface area contributed by atoms with Gasteiger partial charge in [0.15, 0.2) is 5.65 Å². The number of nitrogens with one attached hydrogen (secondary N) is 2. The number of hydrogen-bond donors (Lipinski definition) is 3. The molecule has 0 unspecified atom stereocenters. The van der Waals surface area contributed by atoms with Gasteiger partial charge in [-0.3, -0.25) is 0 Å². The topological polar surface area (TPSA) is 99.8 Å². The van der Waals surface area contributed by atoms with Crippen molar-refractivity contribution in [3.05, 3.63) is 41.7 Å². The normalized spacial score (nSPS) is 13.5. The molecule has 9 nitrogen and oxygen atoms in total. The molecule has 0 aromatic carbocycles. The first-order valence-electron chi connectivity index (χ1n) is 11.9. The predicted molar refractivity (Wildman–Crippen MR) is 132 cm³/mol. The van der Waals surface area contributed by atoms with Crippen molar-refractivity contribution >= 4 is 17.3 Å². The van der Waals surface area contributed by atoms with Crippen LogP contribution in [0.15, 0.2) is 30.6 Å². The molecule has 9 heteroatoms. The highest BCUT2D eigenvalue weighted by Gasteiger charge is 2.17. The maximum absolute atomic E-state index is 7.57. The van der Waals surface area contributed by atoms with E-state index in [4.69, 9.17) is 14.8 Å². The Morgan fingerprint density at radius 3 is 2.58 bits per heavy atom. The zero-order valence-corrected chi connectivity index (χ0v) is 20.0. The molecule has 3 N–H and O–H groups in total. The Morgan fingerprint density at radius 1 is 1.12 bits per heavy atom. The standard InChI is InChI=1S/C22H31N7O.C2H6O/c1-3-18-16-26-29-19(13-20(27-22(18)29)28-10-5-4-6-11-28)24-14-17-7-8-21(25-15-17)30-12-9-23-2;1-2-3/h7-8,13,15-16,23-24H,3-6,9-12,14H2,1-2H3;3H,2H2,1H3. The first kappa shape index (κ1) is 24.7. The molecule has 1 aliphatic heterocycles. The molecule has 180 valence electrons. The van der Waals surface area contributed by atoms with Crippen molar-refractivity contribution in [2.24, 2.45) is 0 Å². The zero-order chi connectivity index (χ0) is 23.5. The maximum atomic E-state index is 7.57. The van der Waals surface area contributed by atoms with Crippen molar-refractivity contribution in [3.8, 4) is 5.88 Å². The summed E-state index contributed by atoms with van der Waals surface area (Å²) in [6.45, 7) is 8.27. The lowest BCUT2D eigenvalue weighted by atomic mass is 10.1. The van der Waals surface area contributed by atoms with Gasteiger partial charge in [-0.2, -0.15) is 9.61 Å². The number of hydrogen-bond acceptors (Lipinski definition) is 8. The summed E-state index contributed by atoms with van der Waals surface area (Å²) >= 11 is 0. The van der Waals surface area contributed by atoms with Crippen LogP contribution in [-0.2, 0) is 13.0 Å². The van der Waals surface area contributed by atoms with Crippen LogP contribution in [0.2, 0.25) is 0 Å². The van der Waals surface area contributed by atoms with Gasteiger partial charge in [0, 0.05) is 56.7 Å². The molecule has 3 aromatic rings. The molecule has 1 fully saturated rings. The molecular weight excluding hydrogens is 418 g/mol. The van der Waals surface area contributed by atoms with Gasteiger partial charge in [0.05, 0.1) is 6.20 Å². The molecule has 4 rings (SSSR count). The molecule has 33 heavy (non-hydrogen) atoms. The van der Waals surface area contributed by atoms with Crippen LogP contribution in [0.1, 0.15) is 44.2 Å². The van der Waals surface area contributed by atoms with Crippen molar-refractivity contribution in [1.82, 2.24) is 24.9 Å². The van der Waals surface area contributed by atoms with Crippen LogP contribution < -0.4 is 20.3 Å². The highest BCUT2D eigenvalue weighted by molar-refractivity contribution is 5.61. The Hall–Kier alpha value is -2.91. The Kier molecular flexibility index (Phi) is 9.71. The number of anilines is 2. The predicted octanol–water partition coefficient (Wildman–Crippen LogP) is 2.89. The smallest absolute Gasteiger partial charge is 0.213 e. The van der Waals surface area contributed by atoms with Gasteiger partial charge < -0.3 is 25.4 Å². The van der Waals surface area contributed by atoms with Crippen molar-refractivity contribution in [1.29, 1.82) is 0 Å². The second-order valence-corrected chi connectivity index (χ2v) is 7.93. The third-order valence-electron chi connectivity index (χ3n) is 5.47. The number of fused-ring (bicyclic) bond motifs is 1. The van der Waals surface area contributed by atoms with Crippen molar-refractivity contribution in [3.63, 3.8) is 0 Å². The van der Waals surface area contributed by atoms with Gasteiger partial charge >= 0.3 is 0 Å². The average Bonchev–Trinajstić information content (AvgIpc) is 3.28. The van der Waals surface area contributed by atoms with Gasteiger partial charge in [-0.1, -0.05) is 13.0 Å². The Bertz CT molecular complexity index is 969. The van der Waals surface area contributed by atoms with Crippen LogP contribution in [0.3, 0.4) is 0 Å². The van der Waals surface area contributed by atoms with Gasteiger partial charge in [-0.05, 0) is 45.2 Å². The van der Waals surface area contributed by atoms with Gasteiger partial charge in [0.2, 0.25) is 5.88 Å². The summed E-state index contributed by atoms with van der Waals surface area (Å²) < 4.78 is 7.51. The largest absolute Gasteiger partial charge is 0.476 e. The molecule has 0 spiro atoms. The number of piperidine rings is 1. The summed E-state index contributed by atoms with van der Waals surface area (Å²) in [5.41, 5.74) is 3.19. The first-order valence-corrected chi connectivity index (χ1v) is 11.9. The molecule has 4 heterocycles. The van der Waals surface area contributed by atoms with Crippen LogP contribution in [0.5, 0.6) is 5.88 Å². The molecule has 1 aliphatic rings. The quantitative estimate of drug-likeness (QED) is 0.424. The SMILES string of the molecule is CCO.CCc1cnn2c(NCc3ccc(OCCNC)nc3)cc(N3CCCCC3)nc12. The lowest BCUT2D eigenvalue weighted by molar-refractivity contribution is 0.306. The van der Waals surface area contributed by atoms with E-state index in [-0.39, 0.29) is 6.61 Å². The van der Waals surface area contributed by atoms with E-state index >= 15 is 0 Å². The van der Waals surface area contributed by atoms with Crippen LogP contribution in [-0.4, -0.2) is 64.6 Å². The van der Waals surface area contributed by atoms with E-state index < -0.39 is 0 Å². The van der Waals surface area contributed by atoms with E-state index in [1.54, 1.807) is 6.92 Å². The van der Waals surface area contributed by atoms with Crippen molar-refractivity contribution in [2.75, 3.05) is 50.1 Å². The fraction of sp³-hybridized carbons (Fsp3) is 0.542. The number of nitrogens with zero attached hydrogens (tertiary/aromatic N) is 5. The fourth-order valence-electron chi connectivity index (χ4n) is 3.71. The summed E-state index contributed by atoms with van der Waals surface area (Å²) in [6.07, 6.45) is 8.45. The minimum Gasteiger partial charge on any atom is -0.476 e. The average molecular weight is 456 g/mol. The molecule has 0 aliphatic carbocycles. The lowest BCUT2D eigenvalue weighted by Gasteiger charge is -2.28. The molecule has 0 atom stereocenters. The third-order valence-corrected chi connectivity index (χ3v) is 5.47. The molecule has 0 radical (unpaired) electrons. The van der Waals surface area contributed by atoms with Gasteiger partial charge in [-0.25, -0.2) is 9.97 Å². The van der Waals surface area contributed by atoms with Crippen LogP contribution in [0.4, 0.5) is 11.6 Å². The van der Waals surface area contributed by atoms with E-state index in [1.165, 1.54) is 24.8 Å². The third kappa shape index (κ3) is 6.79.